The van der Waals surface area contributed by atoms with Crippen molar-refractivity contribution in [2.75, 3.05) is 37.6 Å². The van der Waals surface area contributed by atoms with Crippen molar-refractivity contribution in [3.05, 3.63) is 90.7 Å². The number of hydrazine groups is 1. The molecule has 2 aliphatic rings. The van der Waals surface area contributed by atoms with Gasteiger partial charge in [-0.2, -0.15) is 0 Å². The Hall–Kier alpha value is -3.18. The maximum atomic E-state index is 5.11. The van der Waals surface area contributed by atoms with Crippen LogP contribution in [0.3, 0.4) is 0 Å². The zero-order chi connectivity index (χ0) is 38.5. The molecule has 1 saturated heterocycles. The van der Waals surface area contributed by atoms with Gasteiger partial charge in [-0.1, -0.05) is 89.6 Å². The number of nitrogens with zero attached hydrogens (tertiary/aromatic N) is 4. The van der Waals surface area contributed by atoms with Gasteiger partial charge in [0, 0.05) is 80.7 Å². The first-order valence-electron chi connectivity index (χ1n) is 20.8. The number of terminal acetylenes is 1. The Morgan fingerprint density at radius 2 is 1.71 bits per heavy atom. The number of fused-ring (bicyclic) bond motifs is 1. The average Bonchev–Trinajstić information content (AvgIpc) is 4.02. The van der Waals surface area contributed by atoms with Crippen LogP contribution in [0.5, 0.6) is 0 Å². The van der Waals surface area contributed by atoms with Crippen LogP contribution in [-0.4, -0.2) is 53.2 Å². The normalized spacial score (nSPS) is 14.5. The van der Waals surface area contributed by atoms with Crippen molar-refractivity contribution >= 4 is 16.6 Å². The topological polar surface area (TPSA) is 48.4 Å². The third kappa shape index (κ3) is 11.9. The molecule has 1 aliphatic heterocycles. The van der Waals surface area contributed by atoms with Crippen molar-refractivity contribution in [2.45, 2.75) is 118 Å². The molecule has 0 spiro atoms. The molecule has 0 amide bonds. The second-order valence-corrected chi connectivity index (χ2v) is 15.9. The summed E-state index contributed by atoms with van der Waals surface area (Å²) in [5.74, 6) is 2.43. The van der Waals surface area contributed by atoms with E-state index in [-0.39, 0.29) is 35.0 Å². The summed E-state index contributed by atoms with van der Waals surface area (Å²) in [7, 11) is 0. The van der Waals surface area contributed by atoms with E-state index in [1.54, 1.807) is 6.20 Å². The fourth-order valence-corrected chi connectivity index (χ4v) is 7.81. The Kier molecular flexibility index (Phi) is 17.8. The van der Waals surface area contributed by atoms with Crippen molar-refractivity contribution in [3.8, 4) is 34.7 Å². The molecule has 6 nitrogen and oxygen atoms in total. The van der Waals surface area contributed by atoms with E-state index in [1.807, 2.05) is 6.92 Å². The molecule has 2 N–H and O–H groups in total. The molecule has 0 unspecified atom stereocenters. The zero-order valence-corrected chi connectivity index (χ0v) is 37.3. The largest absolute Gasteiger partial charge is 1.00 e. The predicted octanol–water partition coefficient (Wildman–Crippen LogP) is 7.60. The van der Waals surface area contributed by atoms with E-state index < -0.39 is 0 Å². The van der Waals surface area contributed by atoms with Crippen LogP contribution in [0, 0.1) is 24.2 Å². The first-order chi connectivity index (χ1) is 26.3. The van der Waals surface area contributed by atoms with E-state index in [0.29, 0.717) is 0 Å². The summed E-state index contributed by atoms with van der Waals surface area (Å²) in [4.78, 5) is 10.4. The van der Waals surface area contributed by atoms with Crippen LogP contribution in [0.15, 0.2) is 67.5 Å². The summed E-state index contributed by atoms with van der Waals surface area (Å²) in [6.07, 6.45) is 22.5. The number of pyridine rings is 1. The average molecular weight is 751 g/mol. The zero-order valence-electron chi connectivity index (χ0n) is 35.3. The summed E-state index contributed by atoms with van der Waals surface area (Å²) in [5.41, 5.74) is 18.1. The number of anilines is 1. The molecule has 7 heteroatoms. The van der Waals surface area contributed by atoms with Gasteiger partial charge in [-0.05, 0) is 90.9 Å². The van der Waals surface area contributed by atoms with Crippen LogP contribution in [0.2, 0.25) is 0 Å². The molecule has 0 atom stereocenters. The first-order valence-corrected chi connectivity index (χ1v) is 20.8. The van der Waals surface area contributed by atoms with E-state index in [0.717, 1.165) is 76.7 Å². The third-order valence-corrected chi connectivity index (χ3v) is 11.5. The minimum atomic E-state index is 0. The van der Waals surface area contributed by atoms with Crippen LogP contribution in [0.25, 0.3) is 33.3 Å². The van der Waals surface area contributed by atoms with E-state index in [4.69, 9.17) is 11.4 Å². The van der Waals surface area contributed by atoms with Crippen LogP contribution in [-0.2, 0) is 19.4 Å². The van der Waals surface area contributed by atoms with Crippen LogP contribution >= 0.6 is 0 Å². The van der Waals surface area contributed by atoms with Gasteiger partial charge in [-0.15, -0.1) is 30.9 Å². The molecule has 6 rings (SSSR count). The summed E-state index contributed by atoms with van der Waals surface area (Å²) in [5, 5.41) is 1.39. The number of benzene rings is 2. The van der Waals surface area contributed by atoms with Crippen LogP contribution < -0.4 is 45.3 Å². The standard InChI is InChI=1S/C44H61N6.C4H6.Na/c1-7-41-39(30-37(32-45-41)49-26-24-48(25-27-49)36-20-21-36)43-40(31-44(5,6)8-2)38-29-35(19-22-42(38)50(43)10-4)34-18-15-17-33(28-34)16-13-11-12-14-23-47-46-9-3;1-3-4-2;/h7,9,15,17-19,22,28-30,32,36,46-47H,3,8,10-14,16,20-21,23-27,31H2,1-2,4-6H3;1H,4H2,2H3;/q-1;;+1. The number of hydrogen-bond acceptors (Lipinski definition) is 5. The van der Waals surface area contributed by atoms with Gasteiger partial charge >= 0.3 is 29.6 Å². The van der Waals surface area contributed by atoms with Gasteiger partial charge in [0.1, 0.15) is 0 Å². The smallest absolute Gasteiger partial charge is 0.369 e. The fraction of sp³-hybridized carbons (Fsp3) is 0.500. The predicted molar refractivity (Wildman–Crippen MR) is 233 cm³/mol. The maximum Gasteiger partial charge on any atom is 1.00 e. The number of hydrogen-bond donors (Lipinski definition) is 2. The molecular formula is C48H67N6Na. The van der Waals surface area contributed by atoms with Crippen molar-refractivity contribution in [1.29, 1.82) is 0 Å². The minimum absolute atomic E-state index is 0. The number of aromatic nitrogens is 2. The molecule has 2 aromatic heterocycles. The van der Waals surface area contributed by atoms with E-state index >= 15 is 0 Å². The van der Waals surface area contributed by atoms with Crippen molar-refractivity contribution in [3.63, 3.8) is 0 Å². The SMILES string of the molecule is C#CCC.C=CNNCCCCCCc1cccc(-c2ccc3c(c2)c(CC(C)(C)CC)c(-c2cc(N4CCN(C5CC5)CC4)cnc2[CH-]C)n3CC)c1.[Na+]. The molecule has 0 radical (unpaired) electrons. The molecule has 2 aromatic carbocycles. The van der Waals surface area contributed by atoms with Gasteiger partial charge in [-0.25, -0.2) is 11.8 Å². The van der Waals surface area contributed by atoms with Gasteiger partial charge in [0.25, 0.3) is 0 Å². The second-order valence-electron chi connectivity index (χ2n) is 15.9. The fourth-order valence-electron chi connectivity index (χ4n) is 7.81. The molecule has 1 aliphatic carbocycles. The first kappa shape index (κ1) is 44.5. The van der Waals surface area contributed by atoms with Gasteiger partial charge in [-0.3, -0.25) is 9.88 Å². The molecule has 2 fully saturated rings. The van der Waals surface area contributed by atoms with Gasteiger partial charge in [0.15, 0.2) is 0 Å². The molecule has 55 heavy (non-hydrogen) atoms. The number of rotatable bonds is 18. The van der Waals surface area contributed by atoms with Gasteiger partial charge < -0.3 is 14.9 Å². The van der Waals surface area contributed by atoms with E-state index in [1.165, 1.54) is 88.6 Å². The minimum Gasteiger partial charge on any atom is -0.369 e. The molecule has 3 heterocycles. The number of aryl methyl sites for hydroxylation is 2. The van der Waals surface area contributed by atoms with Crippen molar-refractivity contribution in [2.24, 2.45) is 5.41 Å². The molecule has 4 aromatic rings. The molecule has 0 bridgehead atoms. The monoisotopic (exact) mass is 751 g/mol. The summed E-state index contributed by atoms with van der Waals surface area (Å²) in [6.45, 7) is 23.6. The van der Waals surface area contributed by atoms with E-state index in [2.05, 4.69) is 133 Å². The summed E-state index contributed by atoms with van der Waals surface area (Å²) >= 11 is 0. The van der Waals surface area contributed by atoms with Gasteiger partial charge in [0.05, 0.1) is 0 Å². The quantitative estimate of drug-likeness (QED) is 0.0361. The Morgan fingerprint density at radius 3 is 2.36 bits per heavy atom. The summed E-state index contributed by atoms with van der Waals surface area (Å²) in [6, 6.07) is 19.8. The Labute approximate surface area is 356 Å². The molecule has 1 saturated carbocycles. The molecule has 290 valence electrons. The molecular weight excluding hydrogens is 684 g/mol. The van der Waals surface area contributed by atoms with Crippen LogP contribution in [0.4, 0.5) is 5.69 Å². The second kappa shape index (κ2) is 21.9. The van der Waals surface area contributed by atoms with Crippen molar-refractivity contribution < 1.29 is 29.6 Å². The third-order valence-electron chi connectivity index (χ3n) is 11.5. The number of nitrogens with one attached hydrogen (secondary N) is 2. The number of piperazine rings is 1. The summed E-state index contributed by atoms with van der Waals surface area (Å²) < 4.78 is 2.57. The maximum absolute atomic E-state index is 5.11. The Bertz CT molecular complexity index is 1840. The van der Waals surface area contributed by atoms with Crippen molar-refractivity contribution in [1.82, 2.24) is 25.3 Å². The Balaban J connectivity index is 0.00000128. The van der Waals surface area contributed by atoms with Gasteiger partial charge in [0.2, 0.25) is 0 Å². The van der Waals surface area contributed by atoms with E-state index in [9.17, 15) is 0 Å². The Morgan fingerprint density at radius 1 is 0.982 bits per heavy atom. The van der Waals surface area contributed by atoms with Crippen LogP contribution in [0.1, 0.15) is 110 Å². The number of unbranched alkanes of at least 4 members (excludes halogenated alkanes) is 3.